The van der Waals surface area contributed by atoms with E-state index in [0.29, 0.717) is 36.1 Å². The lowest BCUT2D eigenvalue weighted by Gasteiger charge is -2.18. The molecule has 1 saturated heterocycles. The van der Waals surface area contributed by atoms with E-state index in [4.69, 9.17) is 9.47 Å². The van der Waals surface area contributed by atoms with E-state index in [1.807, 2.05) is 15.8 Å². The second kappa shape index (κ2) is 6.38. The standard InChI is InChI=1S/C18H22N4O3/c1-24-14-5-6-15(17(9-14)25-2)18(23)21-8-7-13(10-21)22-11-16(19-20-22)12-3-4-12/h5-6,9,11-13H,3-4,7-8,10H2,1-2H3. The summed E-state index contributed by atoms with van der Waals surface area (Å²) in [6, 6.07) is 5.46. The molecule has 2 fully saturated rings. The number of methoxy groups -OCH3 is 2. The van der Waals surface area contributed by atoms with Crippen LogP contribution in [0.2, 0.25) is 0 Å². The van der Waals surface area contributed by atoms with Crippen LogP contribution in [0.5, 0.6) is 11.5 Å². The van der Waals surface area contributed by atoms with Crippen LogP contribution in [0.1, 0.15) is 47.3 Å². The quantitative estimate of drug-likeness (QED) is 0.834. The van der Waals surface area contributed by atoms with Gasteiger partial charge >= 0.3 is 0 Å². The van der Waals surface area contributed by atoms with Gasteiger partial charge in [-0.2, -0.15) is 0 Å². The fraction of sp³-hybridized carbons (Fsp3) is 0.500. The van der Waals surface area contributed by atoms with Crippen molar-refractivity contribution in [2.45, 2.75) is 31.2 Å². The SMILES string of the molecule is COc1ccc(C(=O)N2CCC(n3cc(C4CC4)nn3)C2)c(OC)c1. The van der Waals surface area contributed by atoms with Gasteiger partial charge in [0.25, 0.3) is 5.91 Å². The predicted molar refractivity (Wildman–Crippen MR) is 91.1 cm³/mol. The highest BCUT2D eigenvalue weighted by Gasteiger charge is 2.32. The van der Waals surface area contributed by atoms with Gasteiger partial charge in [-0.25, -0.2) is 4.68 Å². The molecule has 1 atom stereocenters. The molecule has 4 rings (SSSR count). The molecule has 1 aromatic heterocycles. The van der Waals surface area contributed by atoms with Gasteiger partial charge in [0.2, 0.25) is 0 Å². The third-order valence-electron chi connectivity index (χ3n) is 4.99. The first-order valence-electron chi connectivity index (χ1n) is 8.62. The van der Waals surface area contributed by atoms with Gasteiger partial charge in [0.1, 0.15) is 11.5 Å². The van der Waals surface area contributed by atoms with Gasteiger partial charge in [0, 0.05) is 31.3 Å². The number of hydrogen-bond donors (Lipinski definition) is 0. The zero-order valence-corrected chi connectivity index (χ0v) is 14.5. The Morgan fingerprint density at radius 2 is 2.04 bits per heavy atom. The molecule has 0 radical (unpaired) electrons. The molecule has 7 heteroatoms. The summed E-state index contributed by atoms with van der Waals surface area (Å²) in [5.74, 6) is 1.77. The minimum Gasteiger partial charge on any atom is -0.497 e. The predicted octanol–water partition coefficient (Wildman–Crippen LogP) is 2.26. The number of rotatable bonds is 5. The van der Waals surface area contributed by atoms with E-state index in [1.165, 1.54) is 12.8 Å². The molecular formula is C18H22N4O3. The summed E-state index contributed by atoms with van der Waals surface area (Å²) in [4.78, 5) is 14.7. The summed E-state index contributed by atoms with van der Waals surface area (Å²) >= 11 is 0. The van der Waals surface area contributed by atoms with Gasteiger partial charge in [-0.15, -0.1) is 5.10 Å². The van der Waals surface area contributed by atoms with Crippen LogP contribution in [-0.2, 0) is 0 Å². The van der Waals surface area contributed by atoms with Crippen LogP contribution in [0.15, 0.2) is 24.4 Å². The molecule has 1 saturated carbocycles. The molecule has 2 aromatic rings. The minimum absolute atomic E-state index is 0.0236. The van der Waals surface area contributed by atoms with Crippen molar-refractivity contribution < 1.29 is 14.3 Å². The Kier molecular flexibility index (Phi) is 4.07. The van der Waals surface area contributed by atoms with E-state index < -0.39 is 0 Å². The third-order valence-corrected chi connectivity index (χ3v) is 4.99. The zero-order chi connectivity index (χ0) is 17.4. The molecule has 0 N–H and O–H groups in total. The molecule has 2 aliphatic rings. The van der Waals surface area contributed by atoms with Crippen LogP contribution in [0, 0.1) is 0 Å². The molecule has 132 valence electrons. The topological polar surface area (TPSA) is 69.5 Å². The first-order valence-corrected chi connectivity index (χ1v) is 8.62. The van der Waals surface area contributed by atoms with Crippen LogP contribution < -0.4 is 9.47 Å². The van der Waals surface area contributed by atoms with E-state index in [0.717, 1.165) is 12.1 Å². The normalized spacial score (nSPS) is 19.9. The Hall–Kier alpha value is -2.57. The summed E-state index contributed by atoms with van der Waals surface area (Å²) in [5.41, 5.74) is 1.64. The van der Waals surface area contributed by atoms with Crippen molar-refractivity contribution in [3.63, 3.8) is 0 Å². The number of aromatic nitrogens is 3. The molecule has 25 heavy (non-hydrogen) atoms. The van der Waals surface area contributed by atoms with Gasteiger partial charge in [-0.05, 0) is 31.4 Å². The number of hydrogen-bond acceptors (Lipinski definition) is 5. The van der Waals surface area contributed by atoms with E-state index >= 15 is 0 Å². The smallest absolute Gasteiger partial charge is 0.257 e. The number of likely N-dealkylation sites (tertiary alicyclic amines) is 1. The number of nitrogens with zero attached hydrogens (tertiary/aromatic N) is 4. The van der Waals surface area contributed by atoms with Crippen molar-refractivity contribution in [1.29, 1.82) is 0 Å². The third kappa shape index (κ3) is 3.06. The Morgan fingerprint density at radius 1 is 1.20 bits per heavy atom. The molecule has 1 aliphatic carbocycles. The van der Waals surface area contributed by atoms with Crippen molar-refractivity contribution in [2.75, 3.05) is 27.3 Å². The maximum atomic E-state index is 12.9. The van der Waals surface area contributed by atoms with Crippen LogP contribution in [0.4, 0.5) is 0 Å². The Balaban J connectivity index is 1.48. The van der Waals surface area contributed by atoms with Crippen LogP contribution >= 0.6 is 0 Å². The number of amides is 1. The van der Waals surface area contributed by atoms with E-state index in [2.05, 4.69) is 10.3 Å². The molecule has 1 aliphatic heterocycles. The summed E-state index contributed by atoms with van der Waals surface area (Å²) < 4.78 is 12.5. The molecular weight excluding hydrogens is 320 g/mol. The first-order chi connectivity index (χ1) is 12.2. The van der Waals surface area contributed by atoms with Crippen molar-refractivity contribution in [1.82, 2.24) is 19.9 Å². The largest absolute Gasteiger partial charge is 0.497 e. The lowest BCUT2D eigenvalue weighted by Crippen LogP contribution is -2.29. The molecule has 0 spiro atoms. The van der Waals surface area contributed by atoms with Gasteiger partial charge < -0.3 is 14.4 Å². The highest BCUT2D eigenvalue weighted by molar-refractivity contribution is 5.97. The Labute approximate surface area is 146 Å². The molecule has 1 unspecified atom stereocenters. The van der Waals surface area contributed by atoms with Gasteiger partial charge in [0.05, 0.1) is 31.5 Å². The number of benzene rings is 1. The Bertz CT molecular complexity index is 784. The highest BCUT2D eigenvalue weighted by atomic mass is 16.5. The maximum Gasteiger partial charge on any atom is 0.257 e. The first kappa shape index (κ1) is 15.9. The van der Waals surface area contributed by atoms with Crippen molar-refractivity contribution in [3.05, 3.63) is 35.7 Å². The van der Waals surface area contributed by atoms with E-state index in [-0.39, 0.29) is 11.9 Å². The lowest BCUT2D eigenvalue weighted by atomic mass is 10.1. The van der Waals surface area contributed by atoms with Crippen LogP contribution in [-0.4, -0.2) is 53.1 Å². The van der Waals surface area contributed by atoms with Crippen molar-refractivity contribution in [3.8, 4) is 11.5 Å². The molecule has 7 nitrogen and oxygen atoms in total. The second-order valence-corrected chi connectivity index (χ2v) is 6.66. The number of ether oxygens (including phenoxy) is 2. The second-order valence-electron chi connectivity index (χ2n) is 6.66. The molecule has 0 bridgehead atoms. The van der Waals surface area contributed by atoms with Crippen LogP contribution in [0.25, 0.3) is 0 Å². The molecule has 1 aromatic carbocycles. The van der Waals surface area contributed by atoms with Gasteiger partial charge in [-0.3, -0.25) is 4.79 Å². The molecule has 2 heterocycles. The van der Waals surface area contributed by atoms with Crippen molar-refractivity contribution >= 4 is 5.91 Å². The number of carbonyl (C=O) groups is 1. The van der Waals surface area contributed by atoms with Gasteiger partial charge in [0.15, 0.2) is 0 Å². The Morgan fingerprint density at radius 3 is 2.76 bits per heavy atom. The fourth-order valence-corrected chi connectivity index (χ4v) is 3.32. The van der Waals surface area contributed by atoms with E-state index in [1.54, 1.807) is 32.4 Å². The average Bonchev–Trinajstić information content (AvgIpc) is 3.18. The monoisotopic (exact) mass is 342 g/mol. The van der Waals surface area contributed by atoms with Crippen molar-refractivity contribution in [2.24, 2.45) is 0 Å². The number of carbonyl (C=O) groups excluding carboxylic acids is 1. The fourth-order valence-electron chi connectivity index (χ4n) is 3.32. The summed E-state index contributed by atoms with van der Waals surface area (Å²) in [6.45, 7) is 1.35. The van der Waals surface area contributed by atoms with Crippen LogP contribution in [0.3, 0.4) is 0 Å². The van der Waals surface area contributed by atoms with E-state index in [9.17, 15) is 4.79 Å². The minimum atomic E-state index is -0.0236. The summed E-state index contributed by atoms with van der Waals surface area (Å²) in [5, 5.41) is 8.54. The average molecular weight is 342 g/mol. The lowest BCUT2D eigenvalue weighted by molar-refractivity contribution is 0.0783. The van der Waals surface area contributed by atoms with Gasteiger partial charge in [-0.1, -0.05) is 5.21 Å². The summed E-state index contributed by atoms with van der Waals surface area (Å²) in [7, 11) is 3.16. The molecule has 1 amide bonds. The summed E-state index contributed by atoms with van der Waals surface area (Å²) in [6.07, 6.45) is 5.36. The maximum absolute atomic E-state index is 12.9. The highest BCUT2D eigenvalue weighted by Crippen LogP contribution is 2.39. The zero-order valence-electron chi connectivity index (χ0n) is 14.5.